The summed E-state index contributed by atoms with van der Waals surface area (Å²) in [5, 5.41) is 1.28. The summed E-state index contributed by atoms with van der Waals surface area (Å²) < 4.78 is 0. The number of nitrogens with two attached hydrogens (primary N) is 1. The van der Waals surface area contributed by atoms with Crippen molar-refractivity contribution >= 4 is 17.2 Å². The van der Waals surface area contributed by atoms with Gasteiger partial charge in [0.15, 0.2) is 0 Å². The highest BCUT2D eigenvalue weighted by molar-refractivity contribution is 7.12. The molecule has 3 heteroatoms. The normalized spacial score (nSPS) is 19.5. The van der Waals surface area contributed by atoms with Crippen LogP contribution in [0.3, 0.4) is 0 Å². The molecule has 0 atom stereocenters. The average Bonchev–Trinajstić information content (AvgIpc) is 2.46. The van der Waals surface area contributed by atoms with Crippen molar-refractivity contribution < 1.29 is 0 Å². The molecule has 78 valence electrons. The van der Waals surface area contributed by atoms with E-state index < -0.39 is 0 Å². The van der Waals surface area contributed by atoms with Gasteiger partial charge in [0, 0.05) is 10.8 Å². The predicted molar refractivity (Wildman–Crippen MR) is 61.7 cm³/mol. The first kappa shape index (κ1) is 9.97. The zero-order chi connectivity index (χ0) is 9.97. The molecule has 0 bridgehead atoms. The van der Waals surface area contributed by atoms with Gasteiger partial charge in [0.1, 0.15) is 5.82 Å². The zero-order valence-electron chi connectivity index (χ0n) is 8.75. The Kier molecular flexibility index (Phi) is 3.06. The Bertz CT molecular complexity index is 279. The van der Waals surface area contributed by atoms with Gasteiger partial charge in [0.25, 0.3) is 0 Å². The summed E-state index contributed by atoms with van der Waals surface area (Å²) in [7, 11) is 0. The number of aryl methyl sites for hydroxylation is 1. The van der Waals surface area contributed by atoms with Crippen molar-refractivity contribution in [2.24, 2.45) is 0 Å². The highest BCUT2D eigenvalue weighted by Crippen LogP contribution is 2.35. The summed E-state index contributed by atoms with van der Waals surface area (Å²) in [5.74, 6) is 1.44. The molecule has 0 aromatic carbocycles. The van der Waals surface area contributed by atoms with Crippen LogP contribution in [0.1, 0.15) is 54.3 Å². The molecule has 2 rings (SSSR count). The molecule has 1 aromatic heterocycles. The van der Waals surface area contributed by atoms with Crippen molar-refractivity contribution in [3.63, 3.8) is 0 Å². The van der Waals surface area contributed by atoms with Gasteiger partial charge in [-0.3, -0.25) is 0 Å². The molecule has 14 heavy (non-hydrogen) atoms. The molecule has 0 unspecified atom stereocenters. The molecule has 1 heterocycles. The van der Waals surface area contributed by atoms with E-state index in [0.717, 1.165) is 5.82 Å². The van der Waals surface area contributed by atoms with Crippen LogP contribution in [0.25, 0.3) is 0 Å². The van der Waals surface area contributed by atoms with E-state index in [0.29, 0.717) is 5.92 Å². The topological polar surface area (TPSA) is 38.9 Å². The summed E-state index contributed by atoms with van der Waals surface area (Å²) in [4.78, 5) is 5.66. The first-order valence-electron chi connectivity index (χ1n) is 5.50. The number of rotatable bonds is 1. The van der Waals surface area contributed by atoms with Gasteiger partial charge in [-0.25, -0.2) is 4.98 Å². The van der Waals surface area contributed by atoms with Crippen LogP contribution < -0.4 is 5.73 Å². The maximum Gasteiger partial charge on any atom is 0.137 e. The van der Waals surface area contributed by atoms with Gasteiger partial charge < -0.3 is 5.73 Å². The van der Waals surface area contributed by atoms with Gasteiger partial charge in [-0.2, -0.15) is 0 Å². The first-order chi connectivity index (χ1) is 6.77. The third-order valence-corrected chi connectivity index (χ3v) is 4.20. The van der Waals surface area contributed by atoms with Gasteiger partial charge in [-0.1, -0.05) is 25.7 Å². The van der Waals surface area contributed by atoms with E-state index >= 15 is 0 Å². The lowest BCUT2D eigenvalue weighted by molar-refractivity contribution is 0.590. The molecule has 2 nitrogen and oxygen atoms in total. The summed E-state index contributed by atoms with van der Waals surface area (Å²) in [5.41, 5.74) is 5.79. The highest BCUT2D eigenvalue weighted by atomic mass is 32.1. The molecule has 0 spiro atoms. The van der Waals surface area contributed by atoms with E-state index in [-0.39, 0.29) is 0 Å². The van der Waals surface area contributed by atoms with Gasteiger partial charge in [-0.05, 0) is 19.8 Å². The molecule has 1 fully saturated rings. The Labute approximate surface area is 89.5 Å². The SMILES string of the molecule is Cc1sc(C2CCCCCC2)nc1N. The molecule has 0 aliphatic heterocycles. The van der Waals surface area contributed by atoms with Gasteiger partial charge >= 0.3 is 0 Å². The lowest BCUT2D eigenvalue weighted by Gasteiger charge is -2.09. The molecule has 0 radical (unpaired) electrons. The van der Waals surface area contributed by atoms with Gasteiger partial charge in [-0.15, -0.1) is 11.3 Å². The Morgan fingerprint density at radius 3 is 2.36 bits per heavy atom. The second kappa shape index (κ2) is 4.30. The second-order valence-corrected chi connectivity index (χ2v) is 5.42. The second-order valence-electron chi connectivity index (χ2n) is 4.18. The van der Waals surface area contributed by atoms with Crippen LogP contribution >= 0.6 is 11.3 Å². The van der Waals surface area contributed by atoms with Crippen molar-refractivity contribution in [2.75, 3.05) is 5.73 Å². The number of hydrogen-bond donors (Lipinski definition) is 1. The van der Waals surface area contributed by atoms with Crippen LogP contribution in [-0.4, -0.2) is 4.98 Å². The maximum atomic E-state index is 5.79. The van der Waals surface area contributed by atoms with E-state index in [9.17, 15) is 0 Å². The smallest absolute Gasteiger partial charge is 0.137 e. The zero-order valence-corrected chi connectivity index (χ0v) is 9.57. The maximum absolute atomic E-state index is 5.79. The van der Waals surface area contributed by atoms with Crippen molar-refractivity contribution in [3.05, 3.63) is 9.88 Å². The van der Waals surface area contributed by atoms with Crippen LogP contribution in [0.4, 0.5) is 5.82 Å². The standard InChI is InChI=1S/C11H18N2S/c1-8-10(12)13-11(14-8)9-6-4-2-3-5-7-9/h9H,2-7,12H2,1H3. The third-order valence-electron chi connectivity index (χ3n) is 3.05. The summed E-state index contributed by atoms with van der Waals surface area (Å²) in [6.07, 6.45) is 8.15. The largest absolute Gasteiger partial charge is 0.383 e. The third kappa shape index (κ3) is 2.08. The predicted octanol–water partition coefficient (Wildman–Crippen LogP) is 3.47. The number of hydrogen-bond acceptors (Lipinski definition) is 3. The van der Waals surface area contributed by atoms with E-state index in [2.05, 4.69) is 11.9 Å². The summed E-state index contributed by atoms with van der Waals surface area (Å²) in [6.45, 7) is 2.06. The Hall–Kier alpha value is -0.570. The molecule has 1 saturated carbocycles. The van der Waals surface area contributed by atoms with E-state index in [1.165, 1.54) is 48.4 Å². The Morgan fingerprint density at radius 2 is 1.86 bits per heavy atom. The number of aromatic nitrogens is 1. The van der Waals surface area contributed by atoms with Gasteiger partial charge in [0.05, 0.1) is 5.01 Å². The number of nitrogen functional groups attached to an aromatic ring is 1. The van der Waals surface area contributed by atoms with Crippen molar-refractivity contribution in [3.8, 4) is 0 Å². The number of nitrogens with zero attached hydrogens (tertiary/aromatic N) is 1. The fourth-order valence-electron chi connectivity index (χ4n) is 2.13. The minimum Gasteiger partial charge on any atom is -0.383 e. The molecular weight excluding hydrogens is 192 g/mol. The monoisotopic (exact) mass is 210 g/mol. The summed E-state index contributed by atoms with van der Waals surface area (Å²) in [6, 6.07) is 0. The minimum absolute atomic E-state index is 0.693. The lowest BCUT2D eigenvalue weighted by Crippen LogP contribution is -1.97. The van der Waals surface area contributed by atoms with Gasteiger partial charge in [0.2, 0.25) is 0 Å². The molecule has 1 aliphatic carbocycles. The van der Waals surface area contributed by atoms with Crippen molar-refractivity contribution in [1.82, 2.24) is 4.98 Å². The Balaban J connectivity index is 2.12. The van der Waals surface area contributed by atoms with E-state index in [4.69, 9.17) is 5.73 Å². The highest BCUT2D eigenvalue weighted by Gasteiger charge is 2.18. The van der Waals surface area contributed by atoms with E-state index in [1.54, 1.807) is 11.3 Å². The molecular formula is C11H18N2S. The number of anilines is 1. The summed E-state index contributed by atoms with van der Waals surface area (Å²) >= 11 is 1.79. The molecule has 0 amide bonds. The van der Waals surface area contributed by atoms with Crippen molar-refractivity contribution in [1.29, 1.82) is 0 Å². The van der Waals surface area contributed by atoms with E-state index in [1.807, 2.05) is 0 Å². The molecule has 0 saturated heterocycles. The lowest BCUT2D eigenvalue weighted by atomic mass is 10.0. The quantitative estimate of drug-likeness (QED) is 0.721. The minimum atomic E-state index is 0.693. The average molecular weight is 210 g/mol. The van der Waals surface area contributed by atoms with Crippen LogP contribution in [0.2, 0.25) is 0 Å². The fourth-order valence-corrected chi connectivity index (χ4v) is 3.14. The first-order valence-corrected chi connectivity index (χ1v) is 6.32. The molecule has 2 N–H and O–H groups in total. The molecule has 1 aliphatic rings. The van der Waals surface area contributed by atoms with Crippen LogP contribution in [0.5, 0.6) is 0 Å². The van der Waals surface area contributed by atoms with Crippen molar-refractivity contribution in [2.45, 2.75) is 51.4 Å². The number of thiazole rings is 1. The van der Waals surface area contributed by atoms with Crippen LogP contribution in [-0.2, 0) is 0 Å². The fraction of sp³-hybridized carbons (Fsp3) is 0.727. The van der Waals surface area contributed by atoms with Crippen LogP contribution in [0.15, 0.2) is 0 Å². The molecule has 1 aromatic rings. The Morgan fingerprint density at radius 1 is 1.21 bits per heavy atom. The van der Waals surface area contributed by atoms with Crippen LogP contribution in [0, 0.1) is 6.92 Å².